The lowest BCUT2D eigenvalue weighted by Gasteiger charge is -2.31. The smallest absolute Gasteiger partial charge is 0.146 e. The minimum Gasteiger partial charge on any atom is -0.321 e. The van der Waals surface area contributed by atoms with Crippen LogP contribution in [0.3, 0.4) is 0 Å². The summed E-state index contributed by atoms with van der Waals surface area (Å²) in [6, 6.07) is -0.208. The third-order valence-corrected chi connectivity index (χ3v) is 3.11. The van der Waals surface area contributed by atoms with Crippen molar-refractivity contribution in [2.75, 3.05) is 0 Å². The molecule has 0 spiro atoms. The molecule has 0 aromatic heterocycles. The Morgan fingerprint density at radius 1 is 1.42 bits per heavy atom. The second-order valence-corrected chi connectivity index (χ2v) is 4.06. The van der Waals surface area contributed by atoms with Crippen molar-refractivity contribution < 1.29 is 4.79 Å². The van der Waals surface area contributed by atoms with Gasteiger partial charge in [0.25, 0.3) is 0 Å². The van der Waals surface area contributed by atoms with E-state index in [4.69, 9.17) is 5.73 Å². The number of hydrogen-bond acceptors (Lipinski definition) is 2. The molecular weight excluding hydrogens is 150 g/mol. The van der Waals surface area contributed by atoms with Crippen molar-refractivity contribution in [2.24, 2.45) is 17.6 Å². The van der Waals surface area contributed by atoms with Crippen molar-refractivity contribution in [1.29, 1.82) is 0 Å². The van der Waals surface area contributed by atoms with Crippen LogP contribution >= 0.6 is 0 Å². The first-order chi connectivity index (χ1) is 5.63. The molecule has 3 unspecified atom stereocenters. The molecule has 0 heterocycles. The molecule has 2 nitrogen and oxygen atoms in total. The Morgan fingerprint density at radius 2 is 2.00 bits per heavy atom. The van der Waals surface area contributed by atoms with E-state index in [0.717, 1.165) is 6.42 Å². The van der Waals surface area contributed by atoms with Gasteiger partial charge < -0.3 is 5.73 Å². The molecule has 0 bridgehead atoms. The second kappa shape index (κ2) is 4.04. The minimum atomic E-state index is -0.208. The van der Waals surface area contributed by atoms with E-state index in [2.05, 4.69) is 6.92 Å². The van der Waals surface area contributed by atoms with E-state index >= 15 is 0 Å². The molecule has 1 saturated carbocycles. The fraction of sp³-hybridized carbons (Fsp3) is 0.900. The summed E-state index contributed by atoms with van der Waals surface area (Å²) < 4.78 is 0. The lowest BCUT2D eigenvalue weighted by molar-refractivity contribution is -0.120. The number of ketones is 1. The lowest BCUT2D eigenvalue weighted by Crippen LogP contribution is -2.41. The highest BCUT2D eigenvalue weighted by Gasteiger charge is 2.28. The van der Waals surface area contributed by atoms with Crippen molar-refractivity contribution in [3.05, 3.63) is 0 Å². The summed E-state index contributed by atoms with van der Waals surface area (Å²) in [5.74, 6) is 1.22. The van der Waals surface area contributed by atoms with Crippen molar-refractivity contribution in [3.8, 4) is 0 Å². The lowest BCUT2D eigenvalue weighted by atomic mass is 9.75. The van der Waals surface area contributed by atoms with Gasteiger partial charge >= 0.3 is 0 Å². The number of rotatable bonds is 2. The van der Waals surface area contributed by atoms with Crippen LogP contribution in [-0.4, -0.2) is 11.8 Å². The predicted octanol–water partition coefficient (Wildman–Crippen LogP) is 1.73. The summed E-state index contributed by atoms with van der Waals surface area (Å²) in [7, 11) is 0. The Hall–Kier alpha value is -0.370. The zero-order valence-electron chi connectivity index (χ0n) is 8.05. The normalized spacial score (nSPS) is 32.9. The molecule has 12 heavy (non-hydrogen) atoms. The summed E-state index contributed by atoms with van der Waals surface area (Å²) in [5, 5.41) is 0. The van der Waals surface area contributed by atoms with Crippen LogP contribution in [-0.2, 0) is 4.79 Å². The summed E-state index contributed by atoms with van der Waals surface area (Å²) in [5.41, 5.74) is 5.83. The standard InChI is InChI=1S/C10H19NO/c1-7-5-3-4-6-9(7)10(11)8(2)12/h7,9-10H,3-6,11H2,1-2H3. The van der Waals surface area contributed by atoms with Crippen molar-refractivity contribution in [3.63, 3.8) is 0 Å². The zero-order chi connectivity index (χ0) is 9.14. The molecular formula is C10H19NO. The molecule has 1 aliphatic carbocycles. The summed E-state index contributed by atoms with van der Waals surface area (Å²) in [4.78, 5) is 11.1. The van der Waals surface area contributed by atoms with Crippen LogP contribution in [0.5, 0.6) is 0 Å². The van der Waals surface area contributed by atoms with Gasteiger partial charge in [0.1, 0.15) is 5.78 Å². The minimum absolute atomic E-state index is 0.147. The highest BCUT2D eigenvalue weighted by Crippen LogP contribution is 2.31. The molecule has 0 saturated heterocycles. The molecule has 0 aromatic carbocycles. The molecule has 2 heteroatoms. The van der Waals surface area contributed by atoms with Gasteiger partial charge in [0.15, 0.2) is 0 Å². The van der Waals surface area contributed by atoms with Crippen LogP contribution < -0.4 is 5.73 Å². The number of Topliss-reactive ketones (excluding diaryl/α,β-unsaturated/α-hetero) is 1. The molecule has 70 valence electrons. The molecule has 1 fully saturated rings. The van der Waals surface area contributed by atoms with E-state index in [-0.39, 0.29) is 11.8 Å². The Bertz CT molecular complexity index is 167. The maximum absolute atomic E-state index is 11.1. The van der Waals surface area contributed by atoms with Crippen molar-refractivity contribution in [2.45, 2.75) is 45.6 Å². The highest BCUT2D eigenvalue weighted by atomic mass is 16.1. The van der Waals surface area contributed by atoms with Gasteiger partial charge in [-0.25, -0.2) is 0 Å². The van der Waals surface area contributed by atoms with Crippen LogP contribution in [0.2, 0.25) is 0 Å². The molecule has 1 aliphatic rings. The summed E-state index contributed by atoms with van der Waals surface area (Å²) in [6.45, 7) is 3.82. The van der Waals surface area contributed by atoms with E-state index in [1.807, 2.05) is 0 Å². The quantitative estimate of drug-likeness (QED) is 0.684. The maximum atomic E-state index is 11.1. The van der Waals surface area contributed by atoms with Gasteiger partial charge in [-0.2, -0.15) is 0 Å². The summed E-state index contributed by atoms with van der Waals surface area (Å²) in [6.07, 6.45) is 4.94. The van der Waals surface area contributed by atoms with Gasteiger partial charge in [-0.3, -0.25) is 4.79 Å². The summed E-state index contributed by atoms with van der Waals surface area (Å²) >= 11 is 0. The fourth-order valence-corrected chi connectivity index (χ4v) is 2.18. The third-order valence-electron chi connectivity index (χ3n) is 3.11. The first kappa shape index (κ1) is 9.72. The monoisotopic (exact) mass is 169 g/mol. The molecule has 0 amide bonds. The van der Waals surface area contributed by atoms with Crippen molar-refractivity contribution >= 4 is 5.78 Å². The van der Waals surface area contributed by atoms with Gasteiger partial charge in [0, 0.05) is 0 Å². The van der Waals surface area contributed by atoms with Gasteiger partial charge in [0.2, 0.25) is 0 Å². The average molecular weight is 169 g/mol. The Morgan fingerprint density at radius 3 is 2.50 bits per heavy atom. The van der Waals surface area contributed by atoms with Crippen molar-refractivity contribution in [1.82, 2.24) is 0 Å². The largest absolute Gasteiger partial charge is 0.321 e. The van der Waals surface area contributed by atoms with Gasteiger partial charge in [-0.05, 0) is 25.2 Å². The Balaban J connectivity index is 2.53. The molecule has 2 N–H and O–H groups in total. The topological polar surface area (TPSA) is 43.1 Å². The second-order valence-electron chi connectivity index (χ2n) is 4.06. The van der Waals surface area contributed by atoms with Crippen LogP contribution in [0.15, 0.2) is 0 Å². The van der Waals surface area contributed by atoms with Crippen LogP contribution in [0.4, 0.5) is 0 Å². The van der Waals surface area contributed by atoms with E-state index < -0.39 is 0 Å². The maximum Gasteiger partial charge on any atom is 0.146 e. The van der Waals surface area contributed by atoms with E-state index in [1.54, 1.807) is 6.92 Å². The van der Waals surface area contributed by atoms with Gasteiger partial charge in [-0.1, -0.05) is 26.2 Å². The molecule has 3 atom stereocenters. The highest BCUT2D eigenvalue weighted by molar-refractivity contribution is 5.81. The van der Waals surface area contributed by atoms with E-state index in [1.165, 1.54) is 19.3 Å². The fourth-order valence-electron chi connectivity index (χ4n) is 2.18. The van der Waals surface area contributed by atoms with Gasteiger partial charge in [0.05, 0.1) is 6.04 Å². The molecule has 0 aromatic rings. The zero-order valence-corrected chi connectivity index (χ0v) is 8.05. The van der Waals surface area contributed by atoms with Crippen LogP contribution in [0.25, 0.3) is 0 Å². The Kier molecular flexibility index (Phi) is 3.27. The number of carbonyl (C=O) groups is 1. The number of hydrogen-bond donors (Lipinski definition) is 1. The first-order valence-corrected chi connectivity index (χ1v) is 4.89. The Labute approximate surface area is 74.5 Å². The van der Waals surface area contributed by atoms with E-state index in [0.29, 0.717) is 11.8 Å². The van der Waals surface area contributed by atoms with Gasteiger partial charge in [-0.15, -0.1) is 0 Å². The molecule has 0 aliphatic heterocycles. The first-order valence-electron chi connectivity index (χ1n) is 4.89. The predicted molar refractivity (Wildman–Crippen MR) is 49.8 cm³/mol. The van der Waals surface area contributed by atoms with E-state index in [9.17, 15) is 4.79 Å². The van der Waals surface area contributed by atoms with Crippen LogP contribution in [0.1, 0.15) is 39.5 Å². The average Bonchev–Trinajstić information content (AvgIpc) is 2.04. The number of carbonyl (C=O) groups excluding carboxylic acids is 1. The van der Waals surface area contributed by atoms with Crippen LogP contribution in [0, 0.1) is 11.8 Å². The molecule has 1 rings (SSSR count). The SMILES string of the molecule is CC(=O)C(N)C1CCCCC1C. The number of nitrogens with two attached hydrogens (primary N) is 1. The molecule has 0 radical (unpaired) electrons. The third kappa shape index (κ3) is 2.07.